The SMILES string of the molecule is COc1cc(-n2cnnc2CO)ccc1Br. The van der Waals surface area contributed by atoms with Gasteiger partial charge >= 0.3 is 0 Å². The lowest BCUT2D eigenvalue weighted by molar-refractivity contribution is 0.269. The van der Waals surface area contributed by atoms with Crippen LogP contribution in [0.1, 0.15) is 5.82 Å². The minimum Gasteiger partial charge on any atom is -0.495 e. The van der Waals surface area contributed by atoms with Crippen LogP contribution in [0.5, 0.6) is 5.75 Å². The second-order valence-corrected chi connectivity index (χ2v) is 3.95. The largest absolute Gasteiger partial charge is 0.495 e. The molecule has 0 aliphatic heterocycles. The molecule has 1 aromatic heterocycles. The maximum Gasteiger partial charge on any atom is 0.163 e. The Hall–Kier alpha value is -1.40. The van der Waals surface area contributed by atoms with Crippen molar-refractivity contribution in [2.75, 3.05) is 7.11 Å². The molecular weight excluding hydrogens is 274 g/mol. The van der Waals surface area contributed by atoms with Gasteiger partial charge in [-0.15, -0.1) is 10.2 Å². The summed E-state index contributed by atoms with van der Waals surface area (Å²) in [6.07, 6.45) is 1.55. The third-order valence-electron chi connectivity index (χ3n) is 2.17. The Morgan fingerprint density at radius 3 is 3.00 bits per heavy atom. The molecule has 0 aliphatic rings. The van der Waals surface area contributed by atoms with Gasteiger partial charge in [-0.05, 0) is 28.1 Å². The second kappa shape index (κ2) is 4.63. The van der Waals surface area contributed by atoms with Gasteiger partial charge in [-0.1, -0.05) is 0 Å². The molecule has 84 valence electrons. The average Bonchev–Trinajstić information content (AvgIpc) is 2.78. The predicted molar refractivity (Wildman–Crippen MR) is 61.5 cm³/mol. The van der Waals surface area contributed by atoms with E-state index in [2.05, 4.69) is 26.1 Å². The summed E-state index contributed by atoms with van der Waals surface area (Å²) in [4.78, 5) is 0. The van der Waals surface area contributed by atoms with Gasteiger partial charge in [0.25, 0.3) is 0 Å². The molecule has 2 rings (SSSR count). The molecule has 0 radical (unpaired) electrons. The molecule has 16 heavy (non-hydrogen) atoms. The third kappa shape index (κ3) is 1.94. The molecule has 1 N–H and O–H groups in total. The highest BCUT2D eigenvalue weighted by molar-refractivity contribution is 9.10. The molecule has 0 saturated heterocycles. The first kappa shape index (κ1) is 11.1. The van der Waals surface area contributed by atoms with Gasteiger partial charge in [-0.3, -0.25) is 4.57 Å². The topological polar surface area (TPSA) is 60.2 Å². The Morgan fingerprint density at radius 2 is 2.31 bits per heavy atom. The highest BCUT2D eigenvalue weighted by Crippen LogP contribution is 2.27. The van der Waals surface area contributed by atoms with Crippen molar-refractivity contribution in [2.45, 2.75) is 6.61 Å². The first-order valence-electron chi connectivity index (χ1n) is 4.60. The maximum atomic E-state index is 9.09. The van der Waals surface area contributed by atoms with E-state index in [0.29, 0.717) is 5.82 Å². The van der Waals surface area contributed by atoms with Crippen LogP contribution >= 0.6 is 15.9 Å². The molecule has 6 heteroatoms. The summed E-state index contributed by atoms with van der Waals surface area (Å²) in [6.45, 7) is -0.154. The molecule has 0 bridgehead atoms. The lowest BCUT2D eigenvalue weighted by atomic mass is 10.3. The number of methoxy groups -OCH3 is 1. The molecule has 0 aliphatic carbocycles. The zero-order chi connectivity index (χ0) is 11.5. The summed E-state index contributed by atoms with van der Waals surface area (Å²) >= 11 is 3.37. The number of ether oxygens (including phenoxy) is 1. The van der Waals surface area contributed by atoms with Crippen molar-refractivity contribution in [2.24, 2.45) is 0 Å². The van der Waals surface area contributed by atoms with Gasteiger partial charge in [-0.2, -0.15) is 0 Å². The number of hydrogen-bond donors (Lipinski definition) is 1. The number of aliphatic hydroxyl groups is 1. The Labute approximate surface area is 101 Å². The number of aliphatic hydroxyl groups excluding tert-OH is 1. The van der Waals surface area contributed by atoms with Crippen LogP contribution < -0.4 is 4.74 Å². The molecule has 5 nitrogen and oxygen atoms in total. The van der Waals surface area contributed by atoms with Crippen LogP contribution in [0.4, 0.5) is 0 Å². The number of aromatic nitrogens is 3. The van der Waals surface area contributed by atoms with Crippen molar-refractivity contribution in [3.8, 4) is 11.4 Å². The van der Waals surface area contributed by atoms with Gasteiger partial charge in [0, 0.05) is 6.07 Å². The number of rotatable bonds is 3. The zero-order valence-electron chi connectivity index (χ0n) is 8.59. The van der Waals surface area contributed by atoms with E-state index in [-0.39, 0.29) is 6.61 Å². The van der Waals surface area contributed by atoms with E-state index >= 15 is 0 Å². The first-order chi connectivity index (χ1) is 7.76. The van der Waals surface area contributed by atoms with Crippen molar-refractivity contribution in [3.63, 3.8) is 0 Å². The lowest BCUT2D eigenvalue weighted by Crippen LogP contribution is -2.00. The number of halogens is 1. The molecule has 0 unspecified atom stereocenters. The van der Waals surface area contributed by atoms with Crippen LogP contribution in [-0.2, 0) is 6.61 Å². The van der Waals surface area contributed by atoms with Crippen molar-refractivity contribution in [1.82, 2.24) is 14.8 Å². The predicted octanol–water partition coefficient (Wildman–Crippen LogP) is 1.53. The molecule has 1 heterocycles. The van der Waals surface area contributed by atoms with E-state index in [1.54, 1.807) is 18.0 Å². The minimum absolute atomic E-state index is 0.154. The molecule has 0 saturated carbocycles. The number of nitrogens with zero attached hydrogens (tertiary/aromatic N) is 3. The summed E-state index contributed by atoms with van der Waals surface area (Å²) in [5.74, 6) is 1.21. The molecule has 0 amide bonds. The summed E-state index contributed by atoms with van der Waals surface area (Å²) in [5.41, 5.74) is 0.842. The summed E-state index contributed by atoms with van der Waals surface area (Å²) in [7, 11) is 1.60. The van der Waals surface area contributed by atoms with Gasteiger partial charge in [0.15, 0.2) is 5.82 Å². The highest BCUT2D eigenvalue weighted by Gasteiger charge is 2.07. The minimum atomic E-state index is -0.154. The Kier molecular flexibility index (Phi) is 3.21. The Balaban J connectivity index is 2.48. The van der Waals surface area contributed by atoms with E-state index in [4.69, 9.17) is 9.84 Å². The van der Waals surface area contributed by atoms with Crippen LogP contribution in [0.3, 0.4) is 0 Å². The van der Waals surface area contributed by atoms with Gasteiger partial charge in [0.2, 0.25) is 0 Å². The van der Waals surface area contributed by atoms with E-state index in [1.165, 1.54) is 0 Å². The van der Waals surface area contributed by atoms with Crippen LogP contribution in [0.15, 0.2) is 29.0 Å². The van der Waals surface area contributed by atoms with Crippen molar-refractivity contribution < 1.29 is 9.84 Å². The lowest BCUT2D eigenvalue weighted by Gasteiger charge is -2.08. The average molecular weight is 284 g/mol. The number of hydrogen-bond acceptors (Lipinski definition) is 4. The van der Waals surface area contributed by atoms with E-state index in [1.807, 2.05) is 18.2 Å². The normalized spacial score (nSPS) is 10.4. The Bertz CT molecular complexity index is 499. The summed E-state index contributed by atoms with van der Waals surface area (Å²) < 4.78 is 7.77. The molecule has 0 atom stereocenters. The second-order valence-electron chi connectivity index (χ2n) is 3.09. The van der Waals surface area contributed by atoms with Crippen molar-refractivity contribution in [3.05, 3.63) is 34.8 Å². The fourth-order valence-corrected chi connectivity index (χ4v) is 1.79. The smallest absolute Gasteiger partial charge is 0.163 e. The van der Waals surface area contributed by atoms with E-state index < -0.39 is 0 Å². The van der Waals surface area contributed by atoms with Crippen LogP contribution in [0.2, 0.25) is 0 Å². The summed E-state index contributed by atoms with van der Waals surface area (Å²) in [5, 5.41) is 16.6. The standard InChI is InChI=1S/C10H10BrN3O2/c1-16-9-4-7(2-3-8(9)11)14-6-12-13-10(14)5-15/h2-4,6,15H,5H2,1H3. The molecule has 1 aromatic carbocycles. The quantitative estimate of drug-likeness (QED) is 0.928. The van der Waals surface area contributed by atoms with Crippen molar-refractivity contribution >= 4 is 15.9 Å². The summed E-state index contributed by atoms with van der Waals surface area (Å²) in [6, 6.07) is 5.59. The van der Waals surface area contributed by atoms with Gasteiger partial charge in [0.05, 0.1) is 17.3 Å². The van der Waals surface area contributed by atoms with Crippen LogP contribution in [0, 0.1) is 0 Å². The monoisotopic (exact) mass is 283 g/mol. The van der Waals surface area contributed by atoms with Gasteiger partial charge < -0.3 is 9.84 Å². The van der Waals surface area contributed by atoms with E-state index in [9.17, 15) is 0 Å². The molecule has 2 aromatic rings. The van der Waals surface area contributed by atoms with Gasteiger partial charge in [0.1, 0.15) is 18.7 Å². The highest BCUT2D eigenvalue weighted by atomic mass is 79.9. The fraction of sp³-hybridized carbons (Fsp3) is 0.200. The molecule has 0 fully saturated rings. The Morgan fingerprint density at radius 1 is 1.50 bits per heavy atom. The van der Waals surface area contributed by atoms with Crippen molar-refractivity contribution in [1.29, 1.82) is 0 Å². The van der Waals surface area contributed by atoms with E-state index in [0.717, 1.165) is 15.9 Å². The van der Waals surface area contributed by atoms with Crippen LogP contribution in [-0.4, -0.2) is 27.0 Å². The fourth-order valence-electron chi connectivity index (χ4n) is 1.38. The molecular formula is C10H10BrN3O2. The zero-order valence-corrected chi connectivity index (χ0v) is 10.2. The number of benzene rings is 1. The third-order valence-corrected chi connectivity index (χ3v) is 2.83. The van der Waals surface area contributed by atoms with Gasteiger partial charge in [-0.25, -0.2) is 0 Å². The maximum absolute atomic E-state index is 9.09. The first-order valence-corrected chi connectivity index (χ1v) is 5.39. The van der Waals surface area contributed by atoms with Crippen LogP contribution in [0.25, 0.3) is 5.69 Å². The molecule has 0 spiro atoms.